The molecule has 2 nitrogen and oxygen atoms in total. The van der Waals surface area contributed by atoms with Gasteiger partial charge in [0.2, 0.25) is 0 Å². The van der Waals surface area contributed by atoms with Crippen LogP contribution in [-0.4, -0.2) is 13.5 Å². The third-order valence-corrected chi connectivity index (χ3v) is 4.13. The minimum absolute atomic E-state index is 0.0634. The Hall–Kier alpha value is -1.75. The molecule has 0 unspecified atom stereocenters. The Morgan fingerprint density at radius 3 is 2.50 bits per heavy atom. The smallest absolute Gasteiger partial charge is 0.269 e. The zero-order valence-corrected chi connectivity index (χ0v) is 13.3. The summed E-state index contributed by atoms with van der Waals surface area (Å²) >= 11 is 1.08. The molecule has 0 saturated heterocycles. The molecule has 0 amide bonds. The van der Waals surface area contributed by atoms with E-state index >= 15 is 0 Å². The third kappa shape index (κ3) is 4.91. The van der Waals surface area contributed by atoms with Gasteiger partial charge in [-0.3, -0.25) is 0 Å². The highest BCUT2D eigenvalue weighted by atomic mass is 32.2. The molecule has 0 spiro atoms. The Labute approximate surface area is 133 Å². The number of aryl methyl sites for hydroxylation is 2. The number of methoxy groups -OCH3 is 1. The molecule has 22 heavy (non-hydrogen) atoms. The molecule has 5 heteroatoms. The molecule has 0 radical (unpaired) electrons. The van der Waals surface area contributed by atoms with Gasteiger partial charge < -0.3 is 9.15 Å². The Morgan fingerprint density at radius 2 is 1.95 bits per heavy atom. The fraction of sp³-hybridized carbons (Fsp3) is 0.294. The number of thioether (sulfide) groups is 1. The first-order chi connectivity index (χ1) is 10.6. The molecule has 1 aromatic carbocycles. The fourth-order valence-electron chi connectivity index (χ4n) is 1.93. The van der Waals surface area contributed by atoms with Crippen LogP contribution in [0.1, 0.15) is 17.9 Å². The molecule has 0 atom stereocenters. The molecule has 0 aliphatic heterocycles. The number of allylic oxidation sites excluding steroid dienone is 2. The first kappa shape index (κ1) is 16.6. The summed E-state index contributed by atoms with van der Waals surface area (Å²) in [5.41, 5.74) is 0. The van der Waals surface area contributed by atoms with Crippen molar-refractivity contribution < 1.29 is 17.9 Å². The molecule has 1 aromatic heterocycles. The second-order valence-electron chi connectivity index (χ2n) is 4.74. The maximum Gasteiger partial charge on any atom is 0.269 e. The first-order valence-electron chi connectivity index (χ1n) is 6.94. The monoisotopic (exact) mass is 324 g/mol. The van der Waals surface area contributed by atoms with E-state index in [0.717, 1.165) is 28.2 Å². The van der Waals surface area contributed by atoms with Crippen molar-refractivity contribution in [1.82, 2.24) is 0 Å². The largest absolute Gasteiger partial charge is 0.497 e. The van der Waals surface area contributed by atoms with E-state index in [0.29, 0.717) is 18.6 Å². The molecule has 0 fully saturated rings. The van der Waals surface area contributed by atoms with Crippen LogP contribution >= 0.6 is 11.8 Å². The summed E-state index contributed by atoms with van der Waals surface area (Å²) in [5, 5.41) is 0. The van der Waals surface area contributed by atoms with Gasteiger partial charge in [0.15, 0.2) is 0 Å². The molecule has 0 bridgehead atoms. The molecule has 2 rings (SSSR count). The van der Waals surface area contributed by atoms with Gasteiger partial charge in [-0.05, 0) is 49.7 Å². The lowest BCUT2D eigenvalue weighted by Gasteiger charge is -2.07. The number of hydrogen-bond donors (Lipinski definition) is 0. The van der Waals surface area contributed by atoms with Gasteiger partial charge in [-0.1, -0.05) is 17.8 Å². The van der Waals surface area contributed by atoms with Crippen LogP contribution in [-0.2, 0) is 6.42 Å². The fourth-order valence-corrected chi connectivity index (χ4v) is 2.77. The number of hydrogen-bond acceptors (Lipinski definition) is 3. The Kier molecular flexibility index (Phi) is 6.07. The van der Waals surface area contributed by atoms with Crippen LogP contribution in [0.15, 0.2) is 56.7 Å². The number of benzene rings is 1. The van der Waals surface area contributed by atoms with Crippen molar-refractivity contribution in [3.63, 3.8) is 0 Å². The highest BCUT2D eigenvalue weighted by Gasteiger charge is 2.12. The maximum atomic E-state index is 13.1. The highest BCUT2D eigenvalue weighted by molar-refractivity contribution is 8.03. The second kappa shape index (κ2) is 8.03. The van der Waals surface area contributed by atoms with Gasteiger partial charge in [0, 0.05) is 11.3 Å². The molecule has 118 valence electrons. The molecular formula is C17H18F2O2S. The van der Waals surface area contributed by atoms with E-state index in [-0.39, 0.29) is 4.91 Å². The van der Waals surface area contributed by atoms with Crippen LogP contribution in [0.5, 0.6) is 5.75 Å². The molecule has 1 heterocycles. The van der Waals surface area contributed by atoms with E-state index in [1.165, 1.54) is 0 Å². The lowest BCUT2D eigenvalue weighted by Crippen LogP contribution is -1.94. The lowest BCUT2D eigenvalue weighted by molar-refractivity contribution is 0.199. The summed E-state index contributed by atoms with van der Waals surface area (Å²) < 4.78 is 36.7. The van der Waals surface area contributed by atoms with Crippen molar-refractivity contribution in [1.29, 1.82) is 0 Å². The SMILES string of the molecule is COc1ccc(S/C(=C\CCc2ccc(C)o2)C(F)F)cc1. The summed E-state index contributed by atoms with van der Waals surface area (Å²) in [4.78, 5) is 0.828. The van der Waals surface area contributed by atoms with Crippen molar-refractivity contribution in [3.8, 4) is 5.75 Å². The number of ether oxygens (including phenoxy) is 1. The molecule has 0 N–H and O–H groups in total. The van der Waals surface area contributed by atoms with Gasteiger partial charge in [0.1, 0.15) is 17.3 Å². The molecular weight excluding hydrogens is 306 g/mol. The van der Waals surface area contributed by atoms with Crippen LogP contribution in [0, 0.1) is 6.92 Å². The number of rotatable bonds is 7. The maximum absolute atomic E-state index is 13.1. The molecule has 0 saturated carbocycles. The van der Waals surface area contributed by atoms with E-state index in [1.807, 2.05) is 19.1 Å². The van der Waals surface area contributed by atoms with Crippen molar-refractivity contribution in [2.24, 2.45) is 0 Å². The highest BCUT2D eigenvalue weighted by Crippen LogP contribution is 2.32. The second-order valence-corrected chi connectivity index (χ2v) is 5.88. The van der Waals surface area contributed by atoms with Crippen molar-refractivity contribution in [2.75, 3.05) is 7.11 Å². The summed E-state index contributed by atoms with van der Waals surface area (Å²) in [7, 11) is 1.57. The summed E-state index contributed by atoms with van der Waals surface area (Å²) in [6.07, 6.45) is 0.242. The van der Waals surface area contributed by atoms with Gasteiger partial charge in [0.25, 0.3) is 6.43 Å². The van der Waals surface area contributed by atoms with Gasteiger partial charge in [0.05, 0.1) is 12.0 Å². The van der Waals surface area contributed by atoms with Gasteiger partial charge in [-0.2, -0.15) is 0 Å². The van der Waals surface area contributed by atoms with Gasteiger partial charge in [-0.15, -0.1) is 0 Å². The number of halogens is 2. The van der Waals surface area contributed by atoms with Gasteiger partial charge >= 0.3 is 0 Å². The van der Waals surface area contributed by atoms with Crippen LogP contribution in [0.2, 0.25) is 0 Å². The van der Waals surface area contributed by atoms with E-state index in [4.69, 9.17) is 9.15 Å². The number of alkyl halides is 2. The summed E-state index contributed by atoms with van der Waals surface area (Å²) in [6, 6.07) is 10.8. The predicted octanol–water partition coefficient (Wildman–Crippen LogP) is 5.47. The van der Waals surface area contributed by atoms with Gasteiger partial charge in [-0.25, -0.2) is 8.78 Å². The predicted molar refractivity (Wildman–Crippen MR) is 84.7 cm³/mol. The molecule has 0 aliphatic carbocycles. The summed E-state index contributed by atoms with van der Waals surface area (Å²) in [5.74, 6) is 2.36. The van der Waals surface area contributed by atoms with Crippen molar-refractivity contribution in [2.45, 2.75) is 31.1 Å². The van der Waals surface area contributed by atoms with Crippen molar-refractivity contribution >= 4 is 11.8 Å². The Balaban J connectivity index is 1.97. The minimum atomic E-state index is -2.48. The van der Waals surface area contributed by atoms with E-state index in [9.17, 15) is 8.78 Å². The topological polar surface area (TPSA) is 22.4 Å². The van der Waals surface area contributed by atoms with Crippen LogP contribution in [0.3, 0.4) is 0 Å². The third-order valence-electron chi connectivity index (χ3n) is 3.04. The zero-order valence-electron chi connectivity index (χ0n) is 12.5. The molecule has 2 aromatic rings. The average molecular weight is 324 g/mol. The molecule has 0 aliphatic rings. The zero-order chi connectivity index (χ0) is 15.9. The minimum Gasteiger partial charge on any atom is -0.497 e. The average Bonchev–Trinajstić information content (AvgIpc) is 2.92. The van der Waals surface area contributed by atoms with Crippen LogP contribution in [0.4, 0.5) is 8.78 Å². The Morgan fingerprint density at radius 1 is 1.23 bits per heavy atom. The quantitative estimate of drug-likeness (QED) is 0.631. The normalized spacial score (nSPS) is 12.0. The first-order valence-corrected chi connectivity index (χ1v) is 7.75. The van der Waals surface area contributed by atoms with Crippen LogP contribution in [0.25, 0.3) is 0 Å². The lowest BCUT2D eigenvalue weighted by atomic mass is 10.2. The van der Waals surface area contributed by atoms with Crippen LogP contribution < -0.4 is 4.74 Å². The van der Waals surface area contributed by atoms with E-state index in [2.05, 4.69) is 0 Å². The number of furan rings is 1. The van der Waals surface area contributed by atoms with E-state index in [1.54, 1.807) is 37.5 Å². The van der Waals surface area contributed by atoms with Crippen molar-refractivity contribution in [3.05, 3.63) is 58.9 Å². The standard InChI is InChI=1S/C17H18F2O2S/c1-12-6-7-14(21-12)4-3-5-16(17(18)19)22-15-10-8-13(20-2)9-11-15/h5-11,17H,3-4H2,1-2H3/b16-5-. The Bertz CT molecular complexity index is 618. The summed E-state index contributed by atoms with van der Waals surface area (Å²) in [6.45, 7) is 1.86. The van der Waals surface area contributed by atoms with E-state index < -0.39 is 6.43 Å².